The highest BCUT2D eigenvalue weighted by Crippen LogP contribution is 2.19. The highest BCUT2D eigenvalue weighted by Gasteiger charge is 2.13. The molecule has 152 valence electrons. The summed E-state index contributed by atoms with van der Waals surface area (Å²) in [6, 6.07) is 12.1. The fourth-order valence-corrected chi connectivity index (χ4v) is 3.29. The lowest BCUT2D eigenvalue weighted by Gasteiger charge is -2.18. The van der Waals surface area contributed by atoms with Crippen LogP contribution >= 0.6 is 15.9 Å². The molecular formula is C22H22BrFN2O3. The number of aromatic nitrogens is 1. The number of aryl methyl sites for hydroxylation is 2. The quantitative estimate of drug-likeness (QED) is 0.499. The van der Waals surface area contributed by atoms with E-state index >= 15 is 0 Å². The van der Waals surface area contributed by atoms with Crippen molar-refractivity contribution in [1.82, 2.24) is 10.1 Å². The predicted molar refractivity (Wildman–Crippen MR) is 111 cm³/mol. The first-order valence-electron chi connectivity index (χ1n) is 9.15. The van der Waals surface area contributed by atoms with E-state index in [0.29, 0.717) is 17.9 Å². The molecule has 0 aliphatic heterocycles. The number of ether oxygens (including phenoxy) is 1. The standard InChI is InChI=1S/C22H22BrFN2O3/c1-14-20(15(2)29-25-14)13-28-19-7-4-16(5-8-19)10-22(27)26(3)12-17-11-18(23)6-9-21(17)24/h4-9,11H,10,12-13H2,1-3H3. The van der Waals surface area contributed by atoms with Crippen LogP contribution in [0.1, 0.15) is 28.1 Å². The van der Waals surface area contributed by atoms with Gasteiger partial charge in [-0.05, 0) is 49.7 Å². The van der Waals surface area contributed by atoms with Gasteiger partial charge in [0.25, 0.3) is 0 Å². The Morgan fingerprint density at radius 3 is 2.59 bits per heavy atom. The summed E-state index contributed by atoms with van der Waals surface area (Å²) in [5.41, 5.74) is 3.08. The van der Waals surface area contributed by atoms with Crippen LogP contribution in [0.5, 0.6) is 5.75 Å². The molecular weight excluding hydrogens is 439 g/mol. The van der Waals surface area contributed by atoms with Gasteiger partial charge in [0.1, 0.15) is 23.9 Å². The minimum atomic E-state index is -0.326. The molecule has 0 bridgehead atoms. The fourth-order valence-electron chi connectivity index (χ4n) is 2.88. The van der Waals surface area contributed by atoms with Crippen LogP contribution in [-0.4, -0.2) is 23.0 Å². The van der Waals surface area contributed by atoms with Crippen molar-refractivity contribution in [2.24, 2.45) is 0 Å². The molecule has 0 fully saturated rings. The summed E-state index contributed by atoms with van der Waals surface area (Å²) in [5, 5.41) is 3.91. The molecule has 0 aliphatic carbocycles. The van der Waals surface area contributed by atoms with Gasteiger partial charge >= 0.3 is 0 Å². The molecule has 3 aromatic rings. The van der Waals surface area contributed by atoms with Crippen molar-refractivity contribution in [3.8, 4) is 5.75 Å². The molecule has 0 N–H and O–H groups in total. The number of nitrogens with zero attached hydrogens (tertiary/aromatic N) is 2. The third-order valence-electron chi connectivity index (χ3n) is 4.68. The van der Waals surface area contributed by atoms with Crippen LogP contribution in [0.15, 0.2) is 51.5 Å². The molecule has 3 rings (SSSR count). The molecule has 2 aromatic carbocycles. The summed E-state index contributed by atoms with van der Waals surface area (Å²) in [7, 11) is 1.67. The van der Waals surface area contributed by atoms with Gasteiger partial charge in [-0.3, -0.25) is 4.79 Å². The molecule has 1 aromatic heterocycles. The zero-order valence-corrected chi connectivity index (χ0v) is 18.1. The zero-order valence-electron chi connectivity index (χ0n) is 16.5. The summed E-state index contributed by atoms with van der Waals surface area (Å²) < 4.78 is 25.6. The topological polar surface area (TPSA) is 55.6 Å². The summed E-state index contributed by atoms with van der Waals surface area (Å²) in [4.78, 5) is 14.0. The van der Waals surface area contributed by atoms with E-state index in [1.54, 1.807) is 19.2 Å². The molecule has 0 radical (unpaired) electrons. The molecule has 0 spiro atoms. The number of likely N-dealkylation sites (N-methyl/N-ethyl adjacent to an activating group) is 1. The van der Waals surface area contributed by atoms with Crippen molar-refractivity contribution in [2.45, 2.75) is 33.4 Å². The molecule has 0 aliphatic rings. The minimum absolute atomic E-state index is 0.0891. The minimum Gasteiger partial charge on any atom is -0.489 e. The largest absolute Gasteiger partial charge is 0.489 e. The van der Waals surface area contributed by atoms with Gasteiger partial charge in [0.15, 0.2) is 0 Å². The lowest BCUT2D eigenvalue weighted by Crippen LogP contribution is -2.28. The van der Waals surface area contributed by atoms with Gasteiger partial charge in [-0.1, -0.05) is 33.2 Å². The number of carbonyl (C=O) groups is 1. The van der Waals surface area contributed by atoms with Gasteiger partial charge in [-0.15, -0.1) is 0 Å². The highest BCUT2D eigenvalue weighted by atomic mass is 79.9. The normalized spacial score (nSPS) is 10.8. The summed E-state index contributed by atoms with van der Waals surface area (Å²) in [6.45, 7) is 4.31. The Morgan fingerprint density at radius 1 is 1.21 bits per heavy atom. The molecule has 29 heavy (non-hydrogen) atoms. The van der Waals surface area contributed by atoms with Crippen molar-refractivity contribution < 1.29 is 18.4 Å². The highest BCUT2D eigenvalue weighted by molar-refractivity contribution is 9.10. The Kier molecular flexibility index (Phi) is 6.69. The van der Waals surface area contributed by atoms with Crippen molar-refractivity contribution in [2.75, 3.05) is 7.05 Å². The lowest BCUT2D eigenvalue weighted by atomic mass is 10.1. The SMILES string of the molecule is Cc1noc(C)c1COc1ccc(CC(=O)N(C)Cc2cc(Br)ccc2F)cc1. The smallest absolute Gasteiger partial charge is 0.227 e. The number of rotatable bonds is 7. The summed E-state index contributed by atoms with van der Waals surface area (Å²) in [5.74, 6) is 1.03. The van der Waals surface area contributed by atoms with E-state index in [2.05, 4.69) is 21.1 Å². The van der Waals surface area contributed by atoms with Crippen molar-refractivity contribution in [3.05, 3.63) is 80.9 Å². The van der Waals surface area contributed by atoms with Crippen LogP contribution in [0.4, 0.5) is 4.39 Å². The van der Waals surface area contributed by atoms with E-state index < -0.39 is 0 Å². The van der Waals surface area contributed by atoms with Crippen molar-refractivity contribution >= 4 is 21.8 Å². The third-order valence-corrected chi connectivity index (χ3v) is 5.18. The van der Waals surface area contributed by atoms with E-state index in [1.165, 1.54) is 11.0 Å². The van der Waals surface area contributed by atoms with E-state index in [1.807, 2.05) is 38.1 Å². The molecule has 0 unspecified atom stereocenters. The van der Waals surface area contributed by atoms with Crippen LogP contribution < -0.4 is 4.74 Å². The van der Waals surface area contributed by atoms with Gasteiger partial charge in [0, 0.05) is 23.6 Å². The second kappa shape index (κ2) is 9.22. The first kappa shape index (κ1) is 21.0. The Balaban J connectivity index is 1.56. The average molecular weight is 461 g/mol. The van der Waals surface area contributed by atoms with E-state index in [0.717, 1.165) is 27.1 Å². The molecule has 5 nitrogen and oxygen atoms in total. The van der Waals surface area contributed by atoms with Gasteiger partial charge < -0.3 is 14.2 Å². The first-order chi connectivity index (χ1) is 13.8. The Hall–Kier alpha value is -2.67. The van der Waals surface area contributed by atoms with E-state index in [9.17, 15) is 9.18 Å². The van der Waals surface area contributed by atoms with Crippen LogP contribution in [0.25, 0.3) is 0 Å². The van der Waals surface area contributed by atoms with E-state index in [4.69, 9.17) is 9.26 Å². The maximum absolute atomic E-state index is 13.9. The van der Waals surface area contributed by atoms with Crippen LogP contribution in [0.2, 0.25) is 0 Å². The van der Waals surface area contributed by atoms with Gasteiger partial charge in [-0.25, -0.2) is 4.39 Å². The molecule has 0 saturated heterocycles. The number of hydrogen-bond acceptors (Lipinski definition) is 4. The average Bonchev–Trinajstić information content (AvgIpc) is 3.01. The third kappa shape index (κ3) is 5.44. The number of benzene rings is 2. The number of hydrogen-bond donors (Lipinski definition) is 0. The Labute approximate surface area is 177 Å². The molecule has 1 amide bonds. The van der Waals surface area contributed by atoms with Crippen LogP contribution in [-0.2, 0) is 24.4 Å². The maximum Gasteiger partial charge on any atom is 0.227 e. The monoisotopic (exact) mass is 460 g/mol. The first-order valence-corrected chi connectivity index (χ1v) is 9.94. The zero-order chi connectivity index (χ0) is 21.0. The van der Waals surface area contributed by atoms with Gasteiger partial charge in [-0.2, -0.15) is 0 Å². The molecule has 0 saturated carbocycles. The van der Waals surface area contributed by atoms with Gasteiger partial charge in [0.05, 0.1) is 17.7 Å². The van der Waals surface area contributed by atoms with Crippen molar-refractivity contribution in [1.29, 1.82) is 0 Å². The maximum atomic E-state index is 13.9. The Bertz CT molecular complexity index is 982. The van der Waals surface area contributed by atoms with Crippen molar-refractivity contribution in [3.63, 3.8) is 0 Å². The second-order valence-electron chi connectivity index (χ2n) is 6.90. The second-order valence-corrected chi connectivity index (χ2v) is 7.81. The summed E-state index contributed by atoms with van der Waals surface area (Å²) in [6.07, 6.45) is 0.232. The van der Waals surface area contributed by atoms with E-state index in [-0.39, 0.29) is 24.7 Å². The van der Waals surface area contributed by atoms with Gasteiger partial charge in [0.2, 0.25) is 5.91 Å². The predicted octanol–water partition coefficient (Wildman–Crippen LogP) is 4.97. The molecule has 7 heteroatoms. The molecule has 0 atom stereocenters. The number of amides is 1. The fraction of sp³-hybridized carbons (Fsp3) is 0.273. The lowest BCUT2D eigenvalue weighted by molar-refractivity contribution is -0.129. The number of carbonyl (C=O) groups excluding carboxylic acids is 1. The number of halogens is 2. The van der Waals surface area contributed by atoms with Crippen LogP contribution in [0.3, 0.4) is 0 Å². The van der Waals surface area contributed by atoms with Crippen LogP contribution in [0, 0.1) is 19.7 Å². The molecule has 1 heterocycles. The summed E-state index contributed by atoms with van der Waals surface area (Å²) >= 11 is 3.33. The Morgan fingerprint density at radius 2 is 1.93 bits per heavy atom.